The van der Waals surface area contributed by atoms with E-state index >= 15 is 0 Å². The molecule has 0 saturated carbocycles. The Morgan fingerprint density at radius 3 is 2.37 bits per heavy atom. The summed E-state index contributed by atoms with van der Waals surface area (Å²) in [5, 5.41) is 13.3. The van der Waals surface area contributed by atoms with Gasteiger partial charge in [-0.1, -0.05) is 30.3 Å². The number of para-hydroxylation sites is 2. The highest BCUT2D eigenvalue weighted by atomic mass is 19.4. The van der Waals surface area contributed by atoms with Crippen molar-refractivity contribution >= 4 is 17.3 Å². The van der Waals surface area contributed by atoms with Crippen molar-refractivity contribution in [1.29, 1.82) is 0 Å². The maximum Gasteiger partial charge on any atom is 0.417 e. The predicted molar refractivity (Wildman–Crippen MR) is 90.2 cm³/mol. The molecule has 0 aliphatic carbocycles. The largest absolute Gasteiger partial charge is 0.451 e. The van der Waals surface area contributed by atoms with Gasteiger partial charge in [-0.05, 0) is 24.3 Å². The molecule has 0 saturated heterocycles. The van der Waals surface area contributed by atoms with Crippen molar-refractivity contribution in [2.24, 2.45) is 0 Å². The van der Waals surface area contributed by atoms with Gasteiger partial charge in [-0.2, -0.15) is 13.2 Å². The van der Waals surface area contributed by atoms with E-state index in [1.807, 2.05) is 0 Å². The summed E-state index contributed by atoms with van der Waals surface area (Å²) >= 11 is 0. The van der Waals surface area contributed by atoms with Gasteiger partial charge < -0.3 is 9.73 Å². The fourth-order valence-corrected chi connectivity index (χ4v) is 2.47. The van der Waals surface area contributed by atoms with Crippen molar-refractivity contribution in [3.8, 4) is 11.3 Å². The molecule has 2 aromatic carbocycles. The van der Waals surface area contributed by atoms with E-state index in [2.05, 4.69) is 5.32 Å². The van der Waals surface area contributed by atoms with Gasteiger partial charge in [0.15, 0.2) is 5.76 Å². The van der Waals surface area contributed by atoms with E-state index in [9.17, 15) is 28.1 Å². The molecule has 3 aromatic rings. The lowest BCUT2D eigenvalue weighted by atomic mass is 10.1. The highest BCUT2D eigenvalue weighted by molar-refractivity contribution is 6.03. The van der Waals surface area contributed by atoms with Crippen LogP contribution in [-0.4, -0.2) is 10.8 Å². The van der Waals surface area contributed by atoms with Gasteiger partial charge in [0.25, 0.3) is 11.6 Å². The fraction of sp³-hybridized carbons (Fsp3) is 0.0556. The van der Waals surface area contributed by atoms with Gasteiger partial charge in [0.05, 0.1) is 10.5 Å². The van der Waals surface area contributed by atoms with E-state index < -0.39 is 22.6 Å². The zero-order valence-electron chi connectivity index (χ0n) is 13.5. The van der Waals surface area contributed by atoms with Crippen molar-refractivity contribution in [2.45, 2.75) is 6.18 Å². The third-order valence-corrected chi connectivity index (χ3v) is 3.68. The number of carbonyl (C=O) groups excluding carboxylic acids is 1. The van der Waals surface area contributed by atoms with Gasteiger partial charge in [0, 0.05) is 11.6 Å². The van der Waals surface area contributed by atoms with Gasteiger partial charge in [-0.15, -0.1) is 0 Å². The molecule has 27 heavy (non-hydrogen) atoms. The third kappa shape index (κ3) is 3.81. The zero-order valence-corrected chi connectivity index (χ0v) is 13.5. The minimum atomic E-state index is -4.59. The van der Waals surface area contributed by atoms with Crippen LogP contribution in [0.5, 0.6) is 0 Å². The van der Waals surface area contributed by atoms with Crippen molar-refractivity contribution in [3.63, 3.8) is 0 Å². The summed E-state index contributed by atoms with van der Waals surface area (Å²) in [6, 6.07) is 12.7. The smallest absolute Gasteiger partial charge is 0.417 e. The van der Waals surface area contributed by atoms with Crippen LogP contribution < -0.4 is 5.32 Å². The quantitative estimate of drug-likeness (QED) is 0.505. The van der Waals surface area contributed by atoms with Crippen molar-refractivity contribution in [1.82, 2.24) is 0 Å². The Labute approximate surface area is 150 Å². The number of nitro benzene ring substituents is 1. The predicted octanol–water partition coefficient (Wildman–Crippen LogP) is 5.13. The van der Waals surface area contributed by atoms with E-state index in [1.54, 1.807) is 0 Å². The van der Waals surface area contributed by atoms with Crippen LogP contribution in [0.3, 0.4) is 0 Å². The fourth-order valence-electron chi connectivity index (χ4n) is 2.47. The van der Waals surface area contributed by atoms with Crippen LogP contribution >= 0.6 is 0 Å². The number of anilines is 1. The average molecular weight is 376 g/mol. The molecule has 0 bridgehead atoms. The molecule has 1 heterocycles. The lowest BCUT2D eigenvalue weighted by Crippen LogP contribution is -2.12. The lowest BCUT2D eigenvalue weighted by molar-refractivity contribution is -0.383. The Bertz CT molecular complexity index is 1010. The van der Waals surface area contributed by atoms with Gasteiger partial charge in [-0.25, -0.2) is 0 Å². The van der Waals surface area contributed by atoms with Crippen LogP contribution in [0.25, 0.3) is 11.3 Å². The van der Waals surface area contributed by atoms with Crippen LogP contribution in [-0.2, 0) is 6.18 Å². The molecule has 0 unspecified atom stereocenters. The minimum Gasteiger partial charge on any atom is -0.451 e. The van der Waals surface area contributed by atoms with E-state index in [4.69, 9.17) is 4.42 Å². The summed E-state index contributed by atoms with van der Waals surface area (Å²) < 4.78 is 44.6. The van der Waals surface area contributed by atoms with Gasteiger partial charge >= 0.3 is 6.18 Å². The molecular formula is C18H11F3N2O4. The second-order valence-electron chi connectivity index (χ2n) is 5.44. The molecule has 0 fully saturated rings. The Kier molecular flexibility index (Phi) is 4.68. The number of nitrogens with zero attached hydrogens (tertiary/aromatic N) is 1. The highest BCUT2D eigenvalue weighted by Gasteiger charge is 2.34. The van der Waals surface area contributed by atoms with E-state index in [0.717, 1.165) is 6.07 Å². The topological polar surface area (TPSA) is 85.4 Å². The van der Waals surface area contributed by atoms with Crippen molar-refractivity contribution in [2.75, 3.05) is 5.32 Å². The maximum atomic E-state index is 13.1. The lowest BCUT2D eigenvalue weighted by Gasteiger charge is -2.10. The average Bonchev–Trinajstić information content (AvgIpc) is 3.11. The number of nitrogens with one attached hydrogen (secondary N) is 1. The molecule has 1 aromatic heterocycles. The first-order valence-corrected chi connectivity index (χ1v) is 7.58. The molecule has 0 aliphatic rings. The monoisotopic (exact) mass is 376 g/mol. The molecule has 0 atom stereocenters. The first kappa shape index (κ1) is 18.2. The van der Waals surface area contributed by atoms with Crippen LogP contribution in [0, 0.1) is 10.1 Å². The van der Waals surface area contributed by atoms with Gasteiger partial charge in [-0.3, -0.25) is 14.9 Å². The number of furan rings is 1. The molecule has 3 rings (SSSR count). The summed E-state index contributed by atoms with van der Waals surface area (Å²) in [5.41, 5.74) is -1.49. The standard InChI is InChI=1S/C18H11F3N2O4/c19-18(20,21)12-6-2-1-5-11(12)15-9-10-16(27-15)17(24)22-13-7-3-4-8-14(13)23(25)26/h1-10H,(H,22,24). The molecule has 9 heteroatoms. The Hall–Kier alpha value is -3.62. The van der Waals surface area contributed by atoms with Gasteiger partial charge in [0.2, 0.25) is 0 Å². The number of nitro groups is 1. The molecule has 0 spiro atoms. The number of rotatable bonds is 4. The van der Waals surface area contributed by atoms with Crippen LogP contribution in [0.4, 0.5) is 24.5 Å². The molecule has 138 valence electrons. The molecule has 0 aliphatic heterocycles. The van der Waals surface area contributed by atoms with Crippen LogP contribution in [0.1, 0.15) is 16.1 Å². The van der Waals surface area contributed by atoms with Crippen LogP contribution in [0.2, 0.25) is 0 Å². The highest BCUT2D eigenvalue weighted by Crippen LogP contribution is 2.37. The summed E-state index contributed by atoms with van der Waals surface area (Å²) in [6.45, 7) is 0. The molecule has 1 N–H and O–H groups in total. The number of hydrogen-bond acceptors (Lipinski definition) is 4. The number of alkyl halides is 3. The summed E-state index contributed by atoms with van der Waals surface area (Å²) in [5.74, 6) is -1.24. The molecule has 0 radical (unpaired) electrons. The molecule has 1 amide bonds. The third-order valence-electron chi connectivity index (χ3n) is 3.68. The first-order chi connectivity index (χ1) is 12.8. The maximum absolute atomic E-state index is 13.1. The second-order valence-corrected chi connectivity index (χ2v) is 5.44. The zero-order chi connectivity index (χ0) is 19.6. The number of hydrogen-bond donors (Lipinski definition) is 1. The number of carbonyl (C=O) groups is 1. The number of halogens is 3. The molecule has 6 nitrogen and oxygen atoms in total. The summed E-state index contributed by atoms with van der Waals surface area (Å²) in [6.07, 6.45) is -4.59. The van der Waals surface area contributed by atoms with Crippen LogP contribution in [0.15, 0.2) is 65.1 Å². The summed E-state index contributed by atoms with van der Waals surface area (Å²) in [7, 11) is 0. The van der Waals surface area contributed by atoms with E-state index in [-0.39, 0.29) is 28.5 Å². The Balaban J connectivity index is 1.89. The van der Waals surface area contributed by atoms with E-state index in [0.29, 0.717) is 0 Å². The molecular weight excluding hydrogens is 365 g/mol. The number of benzene rings is 2. The van der Waals surface area contributed by atoms with Crippen molar-refractivity contribution in [3.05, 3.63) is 82.1 Å². The summed E-state index contributed by atoms with van der Waals surface area (Å²) in [4.78, 5) is 22.6. The SMILES string of the molecule is O=C(Nc1ccccc1[N+](=O)[O-])c1ccc(-c2ccccc2C(F)(F)F)o1. The number of amides is 1. The normalized spacial score (nSPS) is 11.2. The minimum absolute atomic E-state index is 0.0545. The first-order valence-electron chi connectivity index (χ1n) is 7.58. The van der Waals surface area contributed by atoms with Crippen molar-refractivity contribution < 1.29 is 27.3 Å². The van der Waals surface area contributed by atoms with E-state index in [1.165, 1.54) is 54.6 Å². The Morgan fingerprint density at radius 1 is 1.00 bits per heavy atom. The van der Waals surface area contributed by atoms with Gasteiger partial charge in [0.1, 0.15) is 11.4 Å². The second kappa shape index (κ2) is 6.94. The Morgan fingerprint density at radius 2 is 1.67 bits per heavy atom.